The van der Waals surface area contributed by atoms with Crippen molar-refractivity contribution in [2.45, 2.75) is 24.5 Å². The van der Waals surface area contributed by atoms with Crippen LogP contribution in [0.2, 0.25) is 0 Å². The van der Waals surface area contributed by atoms with Gasteiger partial charge in [-0.2, -0.15) is 0 Å². The Morgan fingerprint density at radius 1 is 1.00 bits per heavy atom. The summed E-state index contributed by atoms with van der Waals surface area (Å²) in [6, 6.07) is 16.8. The van der Waals surface area contributed by atoms with Gasteiger partial charge in [0, 0.05) is 0 Å². The van der Waals surface area contributed by atoms with Crippen LogP contribution in [0, 0.1) is 4.64 Å². The first-order chi connectivity index (χ1) is 16.9. The average Bonchev–Trinajstić information content (AvgIpc) is 3.41. The Kier molecular flexibility index (Phi) is 6.65. The van der Waals surface area contributed by atoms with Gasteiger partial charge in [0.25, 0.3) is 0 Å². The third kappa shape index (κ3) is 4.98. The standard InChI is InChI=1S/C22H21N4O7PS/c27-18-16(31-22(19(18)28)26-13-25-17-20(26)23-12-24-21(17)35)11-30-34(29,32-14-7-3-1-4-8-14)33-15-9-5-2-6-10-15/h1-10,12-13,16,18-19,22,27-28H,11H2,(H,23,24,35). The minimum Gasteiger partial charge on any atom is -0.395 e. The number of fused-ring (bicyclic) bond motifs is 1. The molecule has 2 aromatic carbocycles. The molecule has 0 bridgehead atoms. The predicted octanol–water partition coefficient (Wildman–Crippen LogP) is 3.39. The van der Waals surface area contributed by atoms with E-state index in [-0.39, 0.29) is 16.1 Å². The van der Waals surface area contributed by atoms with E-state index in [9.17, 15) is 14.8 Å². The molecule has 4 aromatic rings. The van der Waals surface area contributed by atoms with Crippen LogP contribution < -0.4 is 9.05 Å². The second-order valence-corrected chi connectivity index (χ2v) is 9.56. The number of aromatic amines is 1. The molecule has 3 heterocycles. The van der Waals surface area contributed by atoms with Crippen molar-refractivity contribution < 1.29 is 33.1 Å². The Labute approximate surface area is 204 Å². The number of benzene rings is 2. The fourth-order valence-corrected chi connectivity index (χ4v) is 5.05. The molecule has 182 valence electrons. The van der Waals surface area contributed by atoms with E-state index in [4.69, 9.17) is 30.5 Å². The fourth-order valence-electron chi connectivity index (χ4n) is 3.62. The third-order valence-corrected chi connectivity index (χ3v) is 6.94. The molecule has 1 fully saturated rings. The summed E-state index contributed by atoms with van der Waals surface area (Å²) in [6.07, 6.45) is -1.93. The summed E-state index contributed by atoms with van der Waals surface area (Å²) < 4.78 is 37.9. The van der Waals surface area contributed by atoms with Crippen LogP contribution in [0.25, 0.3) is 11.2 Å². The van der Waals surface area contributed by atoms with Crippen LogP contribution in [-0.4, -0.2) is 54.7 Å². The first-order valence-electron chi connectivity index (χ1n) is 10.6. The lowest BCUT2D eigenvalue weighted by molar-refractivity contribution is -0.0498. The summed E-state index contributed by atoms with van der Waals surface area (Å²) in [5.74, 6) is 0.539. The number of nitrogens with one attached hydrogen (secondary N) is 1. The minimum absolute atomic E-state index is 0.270. The summed E-state index contributed by atoms with van der Waals surface area (Å²) in [5.41, 5.74) is 0.887. The topological polar surface area (TPSA) is 141 Å². The van der Waals surface area contributed by atoms with Crippen LogP contribution in [0.4, 0.5) is 0 Å². The quantitative estimate of drug-likeness (QED) is 0.236. The van der Waals surface area contributed by atoms with E-state index in [1.165, 1.54) is 17.2 Å². The first-order valence-corrected chi connectivity index (χ1v) is 12.5. The summed E-state index contributed by atoms with van der Waals surface area (Å²) in [6.45, 7) is -0.393. The predicted molar refractivity (Wildman–Crippen MR) is 126 cm³/mol. The number of hydrogen-bond acceptors (Lipinski definition) is 10. The summed E-state index contributed by atoms with van der Waals surface area (Å²) >= 11 is 5.17. The molecule has 35 heavy (non-hydrogen) atoms. The molecule has 4 unspecified atom stereocenters. The Morgan fingerprint density at radius 3 is 2.26 bits per heavy atom. The number of rotatable bonds is 8. The van der Waals surface area contributed by atoms with Gasteiger partial charge >= 0.3 is 7.82 Å². The van der Waals surface area contributed by atoms with E-state index in [2.05, 4.69) is 15.0 Å². The van der Waals surface area contributed by atoms with Gasteiger partial charge in [-0.05, 0) is 24.3 Å². The number of aromatic nitrogens is 4. The first kappa shape index (κ1) is 23.6. The third-order valence-electron chi connectivity index (χ3n) is 5.31. The second kappa shape index (κ2) is 9.86. The molecule has 2 aromatic heterocycles. The summed E-state index contributed by atoms with van der Waals surface area (Å²) in [5, 5.41) is 21.3. The lowest BCUT2D eigenvalue weighted by atomic mass is 10.1. The largest absolute Gasteiger partial charge is 0.587 e. The number of aliphatic hydroxyl groups is 2. The van der Waals surface area contributed by atoms with E-state index < -0.39 is 39.0 Å². The zero-order chi connectivity index (χ0) is 24.4. The monoisotopic (exact) mass is 516 g/mol. The van der Waals surface area contributed by atoms with Gasteiger partial charge in [-0.25, -0.2) is 14.5 Å². The molecule has 1 aliphatic rings. The van der Waals surface area contributed by atoms with E-state index >= 15 is 0 Å². The van der Waals surface area contributed by atoms with Gasteiger partial charge in [-0.3, -0.25) is 9.09 Å². The van der Waals surface area contributed by atoms with Gasteiger partial charge in [0.1, 0.15) is 41.0 Å². The molecule has 5 rings (SSSR count). The van der Waals surface area contributed by atoms with Gasteiger partial charge in [0.05, 0.1) is 19.3 Å². The van der Waals surface area contributed by atoms with Crippen LogP contribution in [0.5, 0.6) is 11.5 Å². The van der Waals surface area contributed by atoms with Crippen molar-refractivity contribution >= 4 is 31.2 Å². The normalized spacial score (nSPS) is 22.3. The smallest absolute Gasteiger partial charge is 0.395 e. The van der Waals surface area contributed by atoms with Crippen molar-refractivity contribution in [1.82, 2.24) is 19.5 Å². The van der Waals surface area contributed by atoms with E-state index in [1.54, 1.807) is 60.7 Å². The maximum Gasteiger partial charge on any atom is 0.587 e. The average molecular weight is 516 g/mol. The number of H-pyrrole nitrogens is 1. The van der Waals surface area contributed by atoms with Gasteiger partial charge in [0.15, 0.2) is 10.9 Å². The number of aliphatic hydroxyl groups excluding tert-OH is 2. The molecule has 0 aliphatic carbocycles. The van der Waals surface area contributed by atoms with E-state index in [0.717, 1.165) is 0 Å². The molecule has 3 N–H and O–H groups in total. The molecular weight excluding hydrogens is 495 g/mol. The van der Waals surface area contributed by atoms with Crippen LogP contribution in [0.15, 0.2) is 73.3 Å². The van der Waals surface area contributed by atoms with Crippen LogP contribution in [0.3, 0.4) is 0 Å². The molecule has 0 amide bonds. The number of hydrogen-bond donors (Lipinski definition) is 3. The zero-order valence-electron chi connectivity index (χ0n) is 18.1. The van der Waals surface area contributed by atoms with Crippen LogP contribution in [0.1, 0.15) is 6.23 Å². The molecule has 0 saturated carbocycles. The molecular formula is C22H21N4O7PS. The molecule has 1 saturated heterocycles. The maximum absolute atomic E-state index is 13.5. The SMILES string of the molecule is O=P(OCC1OC(n2cnc3c(=S)nc[nH]c32)C(O)C1O)(Oc1ccccc1)Oc1ccccc1. The van der Waals surface area contributed by atoms with Gasteiger partial charge < -0.3 is 29.0 Å². The molecule has 0 radical (unpaired) electrons. The van der Waals surface area contributed by atoms with Crippen LogP contribution >= 0.6 is 20.0 Å². The number of ether oxygens (including phenoxy) is 1. The van der Waals surface area contributed by atoms with Crippen molar-refractivity contribution in [3.05, 3.63) is 78.0 Å². The van der Waals surface area contributed by atoms with Crippen molar-refractivity contribution in [3.8, 4) is 11.5 Å². The Hall–Kier alpha value is -3.12. The molecule has 11 nitrogen and oxygen atoms in total. The molecule has 0 spiro atoms. The molecule has 1 aliphatic heterocycles. The van der Waals surface area contributed by atoms with Crippen molar-refractivity contribution in [2.24, 2.45) is 0 Å². The van der Waals surface area contributed by atoms with Crippen LogP contribution in [-0.2, 0) is 13.8 Å². The highest BCUT2D eigenvalue weighted by Crippen LogP contribution is 2.50. The van der Waals surface area contributed by atoms with Gasteiger partial charge in [-0.1, -0.05) is 48.6 Å². The lowest BCUT2D eigenvalue weighted by Gasteiger charge is -2.21. The maximum atomic E-state index is 13.5. The van der Waals surface area contributed by atoms with Crippen molar-refractivity contribution in [3.63, 3.8) is 0 Å². The van der Waals surface area contributed by atoms with Crippen molar-refractivity contribution in [2.75, 3.05) is 6.61 Å². The summed E-state index contributed by atoms with van der Waals surface area (Å²) in [4.78, 5) is 11.1. The lowest BCUT2D eigenvalue weighted by Crippen LogP contribution is -2.33. The Morgan fingerprint density at radius 2 is 1.63 bits per heavy atom. The highest BCUT2D eigenvalue weighted by Gasteiger charge is 2.46. The highest BCUT2D eigenvalue weighted by atomic mass is 32.1. The zero-order valence-corrected chi connectivity index (χ0v) is 19.8. The number of phosphoric ester groups is 1. The molecule has 13 heteroatoms. The Balaban J connectivity index is 1.35. The number of para-hydroxylation sites is 2. The number of imidazole rings is 1. The van der Waals surface area contributed by atoms with Gasteiger partial charge in [0.2, 0.25) is 0 Å². The number of phosphoric acid groups is 1. The summed E-state index contributed by atoms with van der Waals surface area (Å²) in [7, 11) is -4.21. The highest BCUT2D eigenvalue weighted by molar-refractivity contribution is 7.71. The van der Waals surface area contributed by atoms with Gasteiger partial charge in [-0.15, -0.1) is 0 Å². The fraction of sp³-hybridized carbons (Fsp3) is 0.227. The molecule has 4 atom stereocenters. The van der Waals surface area contributed by atoms with E-state index in [1.807, 2.05) is 0 Å². The Bertz CT molecular complexity index is 1360. The van der Waals surface area contributed by atoms with E-state index in [0.29, 0.717) is 11.2 Å². The second-order valence-electron chi connectivity index (χ2n) is 7.65. The minimum atomic E-state index is -4.21. The number of nitrogens with zero attached hydrogens (tertiary/aromatic N) is 3. The van der Waals surface area contributed by atoms with Crippen molar-refractivity contribution in [1.29, 1.82) is 0 Å².